The molecule has 0 rings (SSSR count). The Hall–Kier alpha value is -4.50. The smallest absolute Gasteiger partial charge is 0.305 e. The summed E-state index contributed by atoms with van der Waals surface area (Å²) < 4.78 is 0. The summed E-state index contributed by atoms with van der Waals surface area (Å²) in [5, 5.41) is 33.6. The molecule has 0 spiro atoms. The lowest BCUT2D eigenvalue weighted by Gasteiger charge is -2.29. The van der Waals surface area contributed by atoms with E-state index >= 15 is 0 Å². The number of carboxylic acids is 2. The topological polar surface area (TPSA) is 249 Å². The minimum atomic E-state index is -1.63. The average Bonchev–Trinajstić information content (AvgIpc) is 2.96. The first kappa shape index (κ1) is 41.5. The zero-order chi connectivity index (χ0) is 35.7. The number of nitrogens with one attached hydrogen (secondary N) is 6. The molecule has 0 aromatic heterocycles. The summed E-state index contributed by atoms with van der Waals surface area (Å²) in [6, 6.07) is -6.88. The highest BCUT2D eigenvalue weighted by molar-refractivity contribution is 5.97. The average molecular weight is 655 g/mol. The van der Waals surface area contributed by atoms with Crippen LogP contribution in [0.15, 0.2) is 12.3 Å². The predicted octanol–water partition coefficient (Wildman–Crippen LogP) is -0.427. The van der Waals surface area contributed by atoms with Crippen LogP contribution in [-0.2, 0) is 38.4 Å². The minimum absolute atomic E-state index is 0.179. The van der Waals surface area contributed by atoms with Crippen molar-refractivity contribution in [2.45, 2.75) is 117 Å². The van der Waals surface area contributed by atoms with Crippen LogP contribution in [0.4, 0.5) is 0 Å². The molecule has 16 nitrogen and oxygen atoms in total. The Bertz CT molecular complexity index is 1130. The van der Waals surface area contributed by atoms with E-state index in [1.165, 1.54) is 6.92 Å². The molecule has 8 N–H and O–H groups in total. The molecule has 0 heterocycles. The van der Waals surface area contributed by atoms with Gasteiger partial charge in [-0.15, -0.1) is 0 Å². The van der Waals surface area contributed by atoms with Gasteiger partial charge in [-0.1, -0.05) is 48.1 Å². The zero-order valence-electron chi connectivity index (χ0n) is 27.6. The summed E-state index contributed by atoms with van der Waals surface area (Å²) in [6.45, 7) is 15.1. The minimum Gasteiger partial charge on any atom is -0.481 e. The molecule has 0 fully saturated rings. The van der Waals surface area contributed by atoms with Crippen molar-refractivity contribution in [3.05, 3.63) is 12.3 Å². The van der Waals surface area contributed by atoms with Crippen LogP contribution < -0.4 is 31.9 Å². The van der Waals surface area contributed by atoms with E-state index in [2.05, 4.69) is 38.5 Å². The molecule has 6 atom stereocenters. The second-order valence-corrected chi connectivity index (χ2v) is 11.7. The Labute approximate surface area is 269 Å². The number of hydrogen-bond donors (Lipinski definition) is 8. The van der Waals surface area contributed by atoms with Crippen LogP contribution in [0.5, 0.6) is 0 Å². The summed E-state index contributed by atoms with van der Waals surface area (Å²) in [4.78, 5) is 99.1. The van der Waals surface area contributed by atoms with Crippen molar-refractivity contribution < 1.29 is 48.6 Å². The van der Waals surface area contributed by atoms with Gasteiger partial charge in [0.1, 0.15) is 36.5 Å². The summed E-state index contributed by atoms with van der Waals surface area (Å²) in [6.07, 6.45) is -0.263. The summed E-state index contributed by atoms with van der Waals surface area (Å²) in [5.74, 6) is -7.47. The summed E-state index contributed by atoms with van der Waals surface area (Å²) >= 11 is 0. The normalized spacial score (nSPS) is 14.8. The van der Waals surface area contributed by atoms with Crippen LogP contribution in [0.25, 0.3) is 0 Å². The lowest BCUT2D eigenvalue weighted by Crippen LogP contribution is -2.61. The maximum Gasteiger partial charge on any atom is 0.305 e. The van der Waals surface area contributed by atoms with Crippen LogP contribution >= 0.6 is 0 Å². The molecule has 16 heteroatoms. The van der Waals surface area contributed by atoms with E-state index in [9.17, 15) is 43.5 Å². The first-order valence-corrected chi connectivity index (χ1v) is 15.2. The first-order chi connectivity index (χ1) is 21.4. The Morgan fingerprint density at radius 1 is 0.630 bits per heavy atom. The van der Waals surface area contributed by atoms with Crippen molar-refractivity contribution in [3.8, 4) is 0 Å². The van der Waals surface area contributed by atoms with Gasteiger partial charge in [0.25, 0.3) is 0 Å². The molecule has 0 radical (unpaired) electrons. The molecule has 0 aliphatic carbocycles. The number of aldehydes is 1. The van der Waals surface area contributed by atoms with Crippen molar-refractivity contribution in [2.24, 2.45) is 11.8 Å². The van der Waals surface area contributed by atoms with Gasteiger partial charge in [0, 0.05) is 12.1 Å². The molecule has 260 valence electrons. The van der Waals surface area contributed by atoms with E-state index in [-0.39, 0.29) is 12.8 Å². The predicted molar refractivity (Wildman–Crippen MR) is 167 cm³/mol. The van der Waals surface area contributed by atoms with Crippen LogP contribution in [0.3, 0.4) is 0 Å². The van der Waals surface area contributed by atoms with Crippen LogP contribution in [0, 0.1) is 11.8 Å². The fraction of sp³-hybridized carbons (Fsp3) is 0.667. The summed E-state index contributed by atoms with van der Waals surface area (Å²) in [5.41, 5.74) is 0.335. The van der Waals surface area contributed by atoms with Gasteiger partial charge in [-0.05, 0) is 38.0 Å². The monoisotopic (exact) mass is 654 g/mol. The van der Waals surface area contributed by atoms with Gasteiger partial charge >= 0.3 is 11.9 Å². The van der Waals surface area contributed by atoms with Crippen LogP contribution in [0.1, 0.15) is 80.6 Å². The van der Waals surface area contributed by atoms with Crippen molar-refractivity contribution in [1.82, 2.24) is 31.9 Å². The van der Waals surface area contributed by atoms with Crippen molar-refractivity contribution in [3.63, 3.8) is 0 Å². The van der Waals surface area contributed by atoms with Crippen LogP contribution in [0.2, 0.25) is 0 Å². The van der Waals surface area contributed by atoms with Crippen molar-refractivity contribution in [2.75, 3.05) is 0 Å². The molecule has 46 heavy (non-hydrogen) atoms. The molecule has 0 bridgehead atoms. The fourth-order valence-corrected chi connectivity index (χ4v) is 4.19. The maximum absolute atomic E-state index is 13.4. The van der Waals surface area contributed by atoms with Gasteiger partial charge in [-0.25, -0.2) is 0 Å². The number of aliphatic carboxylic acids is 2. The number of allylic oxidation sites excluding steroid dienone is 1. The lowest BCUT2D eigenvalue weighted by atomic mass is 9.98. The van der Waals surface area contributed by atoms with Gasteiger partial charge in [0.05, 0.1) is 12.5 Å². The summed E-state index contributed by atoms with van der Waals surface area (Å²) in [7, 11) is 0. The third-order valence-electron chi connectivity index (χ3n) is 6.86. The van der Waals surface area contributed by atoms with Gasteiger partial charge < -0.3 is 46.9 Å². The SMILES string of the molecule is C=C(C)N[C@@H](CCC(=O)O)C(=O)N[C@@H](CC(=O)O)C(=O)N[C@H](C(=O)N[C@H](C(=O)N[C@@H](CC)C(=O)N[C@H](C=O)CC)C(C)C)C(C)C. The Kier molecular flexibility index (Phi) is 18.5. The third kappa shape index (κ3) is 15.0. The molecular formula is C30H50N6O10. The number of rotatable bonds is 22. The second kappa shape index (κ2) is 20.5. The van der Waals surface area contributed by atoms with E-state index < -0.39 is 102 Å². The Morgan fingerprint density at radius 2 is 1.09 bits per heavy atom. The fourth-order valence-electron chi connectivity index (χ4n) is 4.19. The number of carbonyl (C=O) groups is 8. The number of hydrogen-bond acceptors (Lipinski definition) is 9. The van der Waals surface area contributed by atoms with E-state index in [0.29, 0.717) is 18.4 Å². The maximum atomic E-state index is 13.4. The van der Waals surface area contributed by atoms with Gasteiger partial charge in [-0.2, -0.15) is 0 Å². The Morgan fingerprint density at radius 3 is 1.50 bits per heavy atom. The highest BCUT2D eigenvalue weighted by atomic mass is 16.4. The molecule has 0 aromatic carbocycles. The molecular weight excluding hydrogens is 604 g/mol. The van der Waals surface area contributed by atoms with Crippen molar-refractivity contribution in [1.29, 1.82) is 0 Å². The quantitative estimate of drug-likeness (QED) is 0.0696. The zero-order valence-corrected chi connectivity index (χ0v) is 27.6. The Balaban J connectivity index is 5.89. The second-order valence-electron chi connectivity index (χ2n) is 11.7. The molecule has 5 amide bonds. The lowest BCUT2D eigenvalue weighted by molar-refractivity contribution is -0.141. The molecule has 0 aromatic rings. The number of amides is 5. The van der Waals surface area contributed by atoms with Gasteiger partial charge in [-0.3, -0.25) is 33.6 Å². The van der Waals surface area contributed by atoms with E-state index in [4.69, 9.17) is 5.11 Å². The molecule has 0 unspecified atom stereocenters. The van der Waals surface area contributed by atoms with E-state index in [1.807, 2.05) is 0 Å². The van der Waals surface area contributed by atoms with E-state index in [0.717, 1.165) is 0 Å². The van der Waals surface area contributed by atoms with Crippen molar-refractivity contribution >= 4 is 47.8 Å². The molecule has 0 aliphatic heterocycles. The van der Waals surface area contributed by atoms with Crippen LogP contribution in [-0.4, -0.2) is 94.2 Å². The third-order valence-corrected chi connectivity index (χ3v) is 6.86. The standard InChI is InChI=1S/C30H50N6O10/c1-9-18(14-37)32-26(42)19(10-2)33-29(45)24(15(3)4)36-30(46)25(16(5)6)35-28(44)21(13-23(40)41)34-27(43)20(31-17(7)8)11-12-22(38)39/h14-16,18-21,24-25,31H,7,9-13H2,1-6,8H3,(H,32,42)(H,33,45)(H,34,43)(H,35,44)(H,36,46)(H,38,39)(H,40,41)/t18-,19-,20-,21-,24-,25-/m0/s1. The number of carbonyl (C=O) groups excluding carboxylic acids is 6. The highest BCUT2D eigenvalue weighted by Crippen LogP contribution is 2.09. The first-order valence-electron chi connectivity index (χ1n) is 15.2. The molecule has 0 saturated heterocycles. The highest BCUT2D eigenvalue weighted by Gasteiger charge is 2.35. The van der Waals surface area contributed by atoms with Gasteiger partial charge in [0.15, 0.2) is 0 Å². The largest absolute Gasteiger partial charge is 0.481 e. The molecule has 0 saturated carbocycles. The number of carboxylic acid groups (broad SMARTS) is 2. The molecule has 0 aliphatic rings. The van der Waals surface area contributed by atoms with E-state index in [1.54, 1.807) is 41.5 Å². The van der Waals surface area contributed by atoms with Gasteiger partial charge in [0.2, 0.25) is 29.5 Å².